The third kappa shape index (κ3) is 4.71. The van der Waals surface area contributed by atoms with Crippen molar-refractivity contribution in [2.75, 3.05) is 18.6 Å². The Hall–Kier alpha value is -0.490. The lowest BCUT2D eigenvalue weighted by atomic mass is 10.2. The van der Waals surface area contributed by atoms with E-state index in [1.807, 2.05) is 0 Å². The quantitative estimate of drug-likeness (QED) is 0.901. The Morgan fingerprint density at radius 1 is 1.35 bits per heavy atom. The molecule has 1 aromatic carbocycles. The molecule has 0 atom stereocenters. The highest BCUT2D eigenvalue weighted by Crippen LogP contribution is 2.32. The van der Waals surface area contributed by atoms with E-state index >= 15 is 0 Å². The molecule has 96 valence electrons. The highest BCUT2D eigenvalue weighted by Gasteiger charge is 2.11. The molecule has 1 rings (SSSR count). The van der Waals surface area contributed by atoms with Gasteiger partial charge in [0.25, 0.3) is 0 Å². The Labute approximate surface area is 111 Å². The third-order valence-electron chi connectivity index (χ3n) is 2.01. The van der Waals surface area contributed by atoms with Gasteiger partial charge < -0.3 is 10.5 Å². The molecule has 7 heteroatoms. The van der Waals surface area contributed by atoms with Crippen LogP contribution in [0.15, 0.2) is 12.1 Å². The molecule has 0 aliphatic heterocycles. The number of rotatable bonds is 5. The van der Waals surface area contributed by atoms with Crippen molar-refractivity contribution in [3.63, 3.8) is 0 Å². The van der Waals surface area contributed by atoms with E-state index in [4.69, 9.17) is 33.7 Å². The minimum atomic E-state index is -3.06. The highest BCUT2D eigenvalue weighted by atomic mass is 35.5. The molecule has 0 spiro atoms. The van der Waals surface area contributed by atoms with Crippen molar-refractivity contribution in [3.05, 3.63) is 27.7 Å². The van der Waals surface area contributed by atoms with Crippen molar-refractivity contribution in [3.8, 4) is 5.75 Å². The van der Waals surface area contributed by atoms with Crippen LogP contribution < -0.4 is 10.5 Å². The predicted octanol–water partition coefficient (Wildman–Crippen LogP) is 1.88. The Morgan fingerprint density at radius 2 is 2.00 bits per heavy atom. The number of sulfone groups is 1. The second-order valence-corrected chi connectivity index (χ2v) is 6.66. The smallest absolute Gasteiger partial charge is 0.150 e. The van der Waals surface area contributed by atoms with Crippen LogP contribution in [0.5, 0.6) is 5.75 Å². The Balaban J connectivity index is 2.83. The first-order valence-corrected chi connectivity index (χ1v) is 7.63. The van der Waals surface area contributed by atoms with Crippen molar-refractivity contribution in [2.24, 2.45) is 5.73 Å². The molecule has 0 aromatic heterocycles. The van der Waals surface area contributed by atoms with E-state index in [1.165, 1.54) is 6.07 Å². The first kappa shape index (κ1) is 14.6. The van der Waals surface area contributed by atoms with Gasteiger partial charge in [0.05, 0.1) is 10.8 Å². The number of ether oxygens (including phenoxy) is 1. The van der Waals surface area contributed by atoms with E-state index in [0.717, 1.165) is 6.26 Å². The van der Waals surface area contributed by atoms with Gasteiger partial charge in [-0.2, -0.15) is 0 Å². The molecule has 2 N–H and O–H groups in total. The second kappa shape index (κ2) is 5.91. The predicted molar refractivity (Wildman–Crippen MR) is 69.6 cm³/mol. The molecule has 0 bridgehead atoms. The maximum atomic E-state index is 11.0. The summed E-state index contributed by atoms with van der Waals surface area (Å²) in [5, 5.41) is 0.789. The fraction of sp³-hybridized carbons (Fsp3) is 0.400. The normalized spacial score (nSPS) is 11.5. The van der Waals surface area contributed by atoms with Crippen LogP contribution in [0, 0.1) is 0 Å². The average molecular weight is 298 g/mol. The van der Waals surface area contributed by atoms with E-state index in [-0.39, 0.29) is 18.9 Å². The van der Waals surface area contributed by atoms with Gasteiger partial charge in [-0.1, -0.05) is 23.2 Å². The first-order valence-electron chi connectivity index (χ1n) is 4.82. The fourth-order valence-electron chi connectivity index (χ4n) is 1.22. The van der Waals surface area contributed by atoms with E-state index in [9.17, 15) is 8.42 Å². The van der Waals surface area contributed by atoms with Crippen LogP contribution in [-0.4, -0.2) is 27.0 Å². The van der Waals surface area contributed by atoms with Gasteiger partial charge in [0.15, 0.2) is 9.84 Å². The summed E-state index contributed by atoms with van der Waals surface area (Å²) in [6, 6.07) is 3.17. The van der Waals surface area contributed by atoms with Gasteiger partial charge in [-0.25, -0.2) is 8.42 Å². The molecule has 0 unspecified atom stereocenters. The van der Waals surface area contributed by atoms with E-state index in [2.05, 4.69) is 0 Å². The standard InChI is InChI=1S/C10H13Cl2NO3S/c1-17(14,15)3-2-16-10-7(6-13)4-8(11)5-9(10)12/h4-5H,2-3,6,13H2,1H3. The minimum absolute atomic E-state index is 0.0349. The van der Waals surface area contributed by atoms with E-state index < -0.39 is 9.84 Å². The van der Waals surface area contributed by atoms with Gasteiger partial charge in [-0.3, -0.25) is 0 Å². The Morgan fingerprint density at radius 3 is 2.53 bits per heavy atom. The number of halogens is 2. The van der Waals surface area contributed by atoms with Crippen molar-refractivity contribution >= 4 is 33.0 Å². The molecule has 0 fully saturated rings. The van der Waals surface area contributed by atoms with Gasteiger partial charge >= 0.3 is 0 Å². The topological polar surface area (TPSA) is 69.4 Å². The van der Waals surface area contributed by atoms with E-state index in [0.29, 0.717) is 21.4 Å². The van der Waals surface area contributed by atoms with Gasteiger partial charge in [-0.05, 0) is 12.1 Å². The molecule has 0 saturated carbocycles. The van der Waals surface area contributed by atoms with Gasteiger partial charge in [0, 0.05) is 23.4 Å². The molecule has 0 heterocycles. The van der Waals surface area contributed by atoms with Crippen molar-refractivity contribution < 1.29 is 13.2 Å². The maximum Gasteiger partial charge on any atom is 0.150 e. The highest BCUT2D eigenvalue weighted by molar-refractivity contribution is 7.90. The molecule has 0 saturated heterocycles. The van der Waals surface area contributed by atoms with E-state index in [1.54, 1.807) is 6.07 Å². The molecule has 0 amide bonds. The van der Waals surface area contributed by atoms with Gasteiger partial charge in [-0.15, -0.1) is 0 Å². The van der Waals surface area contributed by atoms with Crippen LogP contribution in [0.4, 0.5) is 0 Å². The summed E-state index contributed by atoms with van der Waals surface area (Å²) in [5.41, 5.74) is 6.18. The van der Waals surface area contributed by atoms with Crippen LogP contribution in [0.2, 0.25) is 10.0 Å². The van der Waals surface area contributed by atoms with Crippen LogP contribution in [-0.2, 0) is 16.4 Å². The SMILES string of the molecule is CS(=O)(=O)CCOc1c(Cl)cc(Cl)cc1CN. The van der Waals surface area contributed by atoms with Gasteiger partial charge in [0.2, 0.25) is 0 Å². The summed E-state index contributed by atoms with van der Waals surface area (Å²) < 4.78 is 27.3. The zero-order valence-electron chi connectivity index (χ0n) is 9.24. The maximum absolute atomic E-state index is 11.0. The molecule has 0 aliphatic rings. The van der Waals surface area contributed by atoms with Crippen molar-refractivity contribution in [1.29, 1.82) is 0 Å². The third-order valence-corrected chi connectivity index (χ3v) is 3.41. The molecule has 17 heavy (non-hydrogen) atoms. The number of hydrogen-bond donors (Lipinski definition) is 1. The van der Waals surface area contributed by atoms with Crippen molar-refractivity contribution in [2.45, 2.75) is 6.54 Å². The van der Waals surface area contributed by atoms with Crippen LogP contribution >= 0.6 is 23.2 Å². The number of benzene rings is 1. The first-order chi connectivity index (χ1) is 7.83. The summed E-state index contributed by atoms with van der Waals surface area (Å²) in [5.74, 6) is 0.317. The van der Waals surface area contributed by atoms with Crippen LogP contribution in [0.25, 0.3) is 0 Å². The summed E-state index contributed by atoms with van der Waals surface area (Å²) in [7, 11) is -3.06. The molecule has 1 aromatic rings. The molecule has 0 aliphatic carbocycles. The van der Waals surface area contributed by atoms with Crippen molar-refractivity contribution in [1.82, 2.24) is 0 Å². The van der Waals surface area contributed by atoms with Crippen LogP contribution in [0.1, 0.15) is 5.56 Å². The lowest BCUT2D eigenvalue weighted by Crippen LogP contribution is -2.13. The lowest BCUT2D eigenvalue weighted by Gasteiger charge is -2.12. The monoisotopic (exact) mass is 297 g/mol. The molecular formula is C10H13Cl2NO3S. The summed E-state index contributed by atoms with van der Waals surface area (Å²) in [6.45, 7) is 0.252. The zero-order valence-corrected chi connectivity index (χ0v) is 11.6. The lowest BCUT2D eigenvalue weighted by molar-refractivity contribution is 0.337. The number of nitrogens with two attached hydrogens (primary N) is 1. The zero-order chi connectivity index (χ0) is 13.1. The number of hydrogen-bond acceptors (Lipinski definition) is 4. The molecular weight excluding hydrogens is 285 g/mol. The van der Waals surface area contributed by atoms with Gasteiger partial charge in [0.1, 0.15) is 12.4 Å². The second-order valence-electron chi connectivity index (χ2n) is 3.56. The Bertz CT molecular complexity index is 503. The average Bonchev–Trinajstić information content (AvgIpc) is 2.18. The minimum Gasteiger partial charge on any atom is -0.491 e. The summed E-state index contributed by atoms with van der Waals surface area (Å²) >= 11 is 11.8. The summed E-state index contributed by atoms with van der Waals surface area (Å²) in [4.78, 5) is 0. The molecule has 4 nitrogen and oxygen atoms in total. The summed E-state index contributed by atoms with van der Waals surface area (Å²) in [6.07, 6.45) is 1.14. The largest absolute Gasteiger partial charge is 0.491 e. The fourth-order valence-corrected chi connectivity index (χ4v) is 2.20. The van der Waals surface area contributed by atoms with Crippen LogP contribution in [0.3, 0.4) is 0 Å². The molecule has 0 radical (unpaired) electrons. The Kier molecular flexibility index (Phi) is 5.06.